The van der Waals surface area contributed by atoms with Crippen molar-refractivity contribution in [1.29, 1.82) is 0 Å². The summed E-state index contributed by atoms with van der Waals surface area (Å²) in [6.45, 7) is 9.17. The number of piperazine rings is 1. The Morgan fingerprint density at radius 1 is 1.33 bits per heavy atom. The zero-order valence-corrected chi connectivity index (χ0v) is 13.5. The van der Waals surface area contributed by atoms with Crippen molar-refractivity contribution in [2.75, 3.05) is 39.3 Å². The SMILES string of the molecule is C=C(C)/C(Cl)=C(\C=C/C)N1CCN(CC(F)(F)CN)CC1. The quantitative estimate of drug-likeness (QED) is 0.764. The molecule has 21 heavy (non-hydrogen) atoms. The minimum absolute atomic E-state index is 0.284. The van der Waals surface area contributed by atoms with Crippen molar-refractivity contribution >= 4 is 11.6 Å². The van der Waals surface area contributed by atoms with Crippen LogP contribution in [0.2, 0.25) is 0 Å². The molecule has 1 saturated heterocycles. The fourth-order valence-corrected chi connectivity index (χ4v) is 2.41. The monoisotopic (exact) mass is 319 g/mol. The van der Waals surface area contributed by atoms with Crippen molar-refractivity contribution in [2.45, 2.75) is 19.8 Å². The van der Waals surface area contributed by atoms with Gasteiger partial charge in [0.05, 0.1) is 23.8 Å². The van der Waals surface area contributed by atoms with Gasteiger partial charge in [-0.05, 0) is 25.5 Å². The molecule has 3 nitrogen and oxygen atoms in total. The lowest BCUT2D eigenvalue weighted by atomic mass is 10.2. The third-order valence-electron chi connectivity index (χ3n) is 3.39. The van der Waals surface area contributed by atoms with Gasteiger partial charge >= 0.3 is 0 Å². The molecule has 1 rings (SSSR count). The average Bonchev–Trinajstić information content (AvgIpc) is 2.44. The normalized spacial score (nSPS) is 19.0. The minimum atomic E-state index is -2.82. The zero-order chi connectivity index (χ0) is 16.0. The van der Waals surface area contributed by atoms with Crippen LogP contribution < -0.4 is 5.73 Å². The maximum absolute atomic E-state index is 13.3. The third kappa shape index (κ3) is 5.41. The van der Waals surface area contributed by atoms with Crippen molar-refractivity contribution < 1.29 is 8.78 Å². The lowest BCUT2D eigenvalue weighted by molar-refractivity contribution is -0.0315. The number of hydrogen-bond acceptors (Lipinski definition) is 3. The summed E-state index contributed by atoms with van der Waals surface area (Å²) in [5.74, 6) is -2.82. The maximum atomic E-state index is 13.3. The van der Waals surface area contributed by atoms with Crippen LogP contribution in [0.15, 0.2) is 35.0 Å². The summed E-state index contributed by atoms with van der Waals surface area (Å²) in [6.07, 6.45) is 3.84. The molecule has 0 aliphatic carbocycles. The van der Waals surface area contributed by atoms with Gasteiger partial charge in [-0.2, -0.15) is 0 Å². The van der Waals surface area contributed by atoms with E-state index < -0.39 is 12.5 Å². The molecular weight excluding hydrogens is 296 g/mol. The molecule has 0 aromatic carbocycles. The largest absolute Gasteiger partial charge is 0.368 e. The summed E-state index contributed by atoms with van der Waals surface area (Å²) < 4.78 is 26.6. The molecule has 0 spiro atoms. The number of hydrogen-bond donors (Lipinski definition) is 1. The Morgan fingerprint density at radius 2 is 1.90 bits per heavy atom. The predicted octanol–water partition coefficient (Wildman–Crippen LogP) is 2.80. The minimum Gasteiger partial charge on any atom is -0.368 e. The van der Waals surface area contributed by atoms with E-state index in [1.165, 1.54) is 0 Å². The standard InChI is InChI=1S/C15H24ClF2N3/c1-4-5-13(14(16)12(2)3)21-8-6-20(7-9-21)11-15(17,18)10-19/h4-5H,2,6-11,19H2,1,3H3/b5-4-,14-13-. The molecule has 0 unspecified atom stereocenters. The van der Waals surface area contributed by atoms with Gasteiger partial charge in [0.25, 0.3) is 5.92 Å². The summed E-state index contributed by atoms with van der Waals surface area (Å²) >= 11 is 6.30. The van der Waals surface area contributed by atoms with Crippen molar-refractivity contribution in [2.24, 2.45) is 5.73 Å². The molecule has 0 bridgehead atoms. The highest BCUT2D eigenvalue weighted by Gasteiger charge is 2.31. The number of nitrogens with two attached hydrogens (primary N) is 1. The van der Waals surface area contributed by atoms with E-state index in [1.54, 1.807) is 4.90 Å². The van der Waals surface area contributed by atoms with Crippen LogP contribution in [0, 0.1) is 0 Å². The average molecular weight is 320 g/mol. The summed E-state index contributed by atoms with van der Waals surface area (Å²) in [7, 11) is 0. The summed E-state index contributed by atoms with van der Waals surface area (Å²) in [5, 5.41) is 0.619. The Morgan fingerprint density at radius 3 is 2.33 bits per heavy atom. The van der Waals surface area contributed by atoms with Crippen molar-refractivity contribution in [3.05, 3.63) is 35.0 Å². The van der Waals surface area contributed by atoms with Crippen LogP contribution in [0.25, 0.3) is 0 Å². The predicted molar refractivity (Wildman–Crippen MR) is 84.5 cm³/mol. The summed E-state index contributed by atoms with van der Waals surface area (Å²) in [4.78, 5) is 3.85. The van der Waals surface area contributed by atoms with E-state index in [0.717, 1.165) is 11.3 Å². The van der Waals surface area contributed by atoms with Crippen molar-refractivity contribution in [3.63, 3.8) is 0 Å². The smallest absolute Gasteiger partial charge is 0.272 e. The molecular formula is C15H24ClF2N3. The first kappa shape index (κ1) is 18.1. The molecule has 2 N–H and O–H groups in total. The van der Waals surface area contributed by atoms with Crippen LogP contribution >= 0.6 is 11.6 Å². The highest BCUT2D eigenvalue weighted by molar-refractivity contribution is 6.32. The van der Waals surface area contributed by atoms with Crippen LogP contribution in [0.1, 0.15) is 13.8 Å². The Kier molecular flexibility index (Phi) is 6.84. The van der Waals surface area contributed by atoms with Gasteiger partial charge in [-0.25, -0.2) is 8.78 Å². The van der Waals surface area contributed by atoms with Gasteiger partial charge in [-0.1, -0.05) is 24.3 Å². The molecule has 0 radical (unpaired) electrons. The maximum Gasteiger partial charge on any atom is 0.272 e. The van der Waals surface area contributed by atoms with Gasteiger partial charge in [0.1, 0.15) is 0 Å². The molecule has 0 atom stereocenters. The van der Waals surface area contributed by atoms with Gasteiger partial charge in [0, 0.05) is 26.2 Å². The van der Waals surface area contributed by atoms with Crippen LogP contribution in [0.5, 0.6) is 0 Å². The van der Waals surface area contributed by atoms with E-state index in [4.69, 9.17) is 17.3 Å². The molecule has 0 amide bonds. The van der Waals surface area contributed by atoms with E-state index >= 15 is 0 Å². The number of nitrogens with zero attached hydrogens (tertiary/aromatic N) is 2. The second kappa shape index (κ2) is 7.92. The van der Waals surface area contributed by atoms with Crippen molar-refractivity contribution in [1.82, 2.24) is 9.80 Å². The Balaban J connectivity index is 2.70. The highest BCUT2D eigenvalue weighted by Crippen LogP contribution is 2.24. The first-order valence-electron chi connectivity index (χ1n) is 7.04. The van der Waals surface area contributed by atoms with Crippen LogP contribution in [-0.4, -0.2) is 55.0 Å². The molecule has 0 aromatic rings. The lowest BCUT2D eigenvalue weighted by Crippen LogP contribution is -2.50. The van der Waals surface area contributed by atoms with Crippen LogP contribution in [0.3, 0.4) is 0 Å². The molecule has 0 aromatic heterocycles. The van der Waals surface area contributed by atoms with Gasteiger partial charge in [-0.15, -0.1) is 0 Å². The van der Waals surface area contributed by atoms with Gasteiger partial charge in [0.2, 0.25) is 0 Å². The fourth-order valence-electron chi connectivity index (χ4n) is 2.23. The molecule has 1 aliphatic rings. The molecule has 1 aliphatic heterocycles. The Labute approximate surface area is 130 Å². The molecule has 120 valence electrons. The molecule has 1 fully saturated rings. The first-order chi connectivity index (χ1) is 9.80. The molecule has 0 saturated carbocycles. The van der Waals surface area contributed by atoms with Crippen LogP contribution in [0.4, 0.5) is 8.78 Å². The lowest BCUT2D eigenvalue weighted by Gasteiger charge is -2.38. The molecule has 6 heteroatoms. The topological polar surface area (TPSA) is 32.5 Å². The molecule has 1 heterocycles. The van der Waals surface area contributed by atoms with E-state index in [2.05, 4.69) is 11.5 Å². The second-order valence-electron chi connectivity index (χ2n) is 5.30. The zero-order valence-electron chi connectivity index (χ0n) is 12.7. The van der Waals surface area contributed by atoms with E-state index in [9.17, 15) is 8.78 Å². The summed E-state index contributed by atoms with van der Waals surface area (Å²) in [5.41, 5.74) is 6.77. The number of allylic oxidation sites excluding steroid dienone is 4. The second-order valence-corrected chi connectivity index (χ2v) is 5.68. The first-order valence-corrected chi connectivity index (χ1v) is 7.42. The number of rotatable bonds is 6. The van der Waals surface area contributed by atoms with Gasteiger partial charge in [-0.3, -0.25) is 4.90 Å². The summed E-state index contributed by atoms with van der Waals surface area (Å²) in [6, 6.07) is 0. The Hall–Kier alpha value is -0.910. The highest BCUT2D eigenvalue weighted by atomic mass is 35.5. The third-order valence-corrected chi connectivity index (χ3v) is 3.91. The fraction of sp³-hybridized carbons (Fsp3) is 0.600. The van der Waals surface area contributed by atoms with Crippen molar-refractivity contribution in [3.8, 4) is 0 Å². The van der Waals surface area contributed by atoms with Gasteiger partial charge in [0.15, 0.2) is 0 Å². The van der Waals surface area contributed by atoms with E-state index in [1.807, 2.05) is 26.0 Å². The van der Waals surface area contributed by atoms with E-state index in [0.29, 0.717) is 31.2 Å². The number of halogens is 3. The van der Waals surface area contributed by atoms with Gasteiger partial charge < -0.3 is 10.6 Å². The van der Waals surface area contributed by atoms with E-state index in [-0.39, 0.29) is 6.54 Å². The number of alkyl halides is 2. The van der Waals surface area contributed by atoms with Crippen LogP contribution in [-0.2, 0) is 0 Å². The Bertz CT molecular complexity index is 425.